The number of halogens is 3. The van der Waals surface area contributed by atoms with Gasteiger partial charge in [0, 0.05) is 18.4 Å². The Morgan fingerprint density at radius 1 is 1.41 bits per heavy atom. The van der Waals surface area contributed by atoms with E-state index in [-0.39, 0.29) is 5.91 Å². The van der Waals surface area contributed by atoms with Gasteiger partial charge in [0.1, 0.15) is 0 Å². The first-order valence-electron chi connectivity index (χ1n) is 5.42. The number of rotatable bonds is 2. The first-order chi connectivity index (χ1) is 8.13. The van der Waals surface area contributed by atoms with E-state index in [9.17, 15) is 4.79 Å². The van der Waals surface area contributed by atoms with Crippen LogP contribution in [0.15, 0.2) is 18.2 Å². The first kappa shape index (κ1) is 13.2. The molecule has 5 heteroatoms. The highest BCUT2D eigenvalue weighted by Crippen LogP contribution is 2.28. The summed E-state index contributed by atoms with van der Waals surface area (Å²) in [5, 5.41) is 1.77. The molecule has 0 radical (unpaired) electrons. The van der Waals surface area contributed by atoms with Gasteiger partial charge in [-0.1, -0.05) is 45.2 Å². The summed E-state index contributed by atoms with van der Waals surface area (Å²) in [5.74, 6) is 0.462. The van der Waals surface area contributed by atoms with Gasteiger partial charge in [0.25, 0.3) is 5.91 Å². The van der Waals surface area contributed by atoms with Crippen molar-refractivity contribution in [1.82, 2.24) is 4.90 Å². The van der Waals surface area contributed by atoms with Gasteiger partial charge in [-0.2, -0.15) is 0 Å². The van der Waals surface area contributed by atoms with E-state index in [1.54, 1.807) is 18.2 Å². The number of amides is 1. The third kappa shape index (κ3) is 2.78. The molecule has 0 bridgehead atoms. The van der Waals surface area contributed by atoms with Gasteiger partial charge in [0.05, 0.1) is 15.6 Å². The largest absolute Gasteiger partial charge is 0.338 e. The Balaban J connectivity index is 2.21. The minimum atomic E-state index is -0.0657. The van der Waals surface area contributed by atoms with Gasteiger partial charge in [-0.15, -0.1) is 0 Å². The van der Waals surface area contributed by atoms with Crippen LogP contribution in [0.2, 0.25) is 10.0 Å². The molecule has 0 saturated carbocycles. The fourth-order valence-corrected chi connectivity index (χ4v) is 3.09. The molecule has 1 aliphatic heterocycles. The zero-order valence-electron chi connectivity index (χ0n) is 9.13. The van der Waals surface area contributed by atoms with Crippen molar-refractivity contribution < 1.29 is 4.79 Å². The first-order valence-corrected chi connectivity index (χ1v) is 7.30. The van der Waals surface area contributed by atoms with E-state index < -0.39 is 0 Å². The lowest BCUT2D eigenvalue weighted by Gasteiger charge is -2.17. The van der Waals surface area contributed by atoms with Crippen LogP contribution in [0.1, 0.15) is 16.8 Å². The van der Waals surface area contributed by atoms with Crippen molar-refractivity contribution in [1.29, 1.82) is 0 Å². The third-order valence-corrected chi connectivity index (χ3v) is 4.51. The summed E-state index contributed by atoms with van der Waals surface area (Å²) in [6, 6.07) is 5.13. The molecule has 1 saturated heterocycles. The maximum Gasteiger partial charge on any atom is 0.256 e. The Morgan fingerprint density at radius 2 is 2.06 bits per heavy atom. The Labute approximate surface area is 119 Å². The van der Waals surface area contributed by atoms with Crippen molar-refractivity contribution in [3.05, 3.63) is 33.8 Å². The van der Waals surface area contributed by atoms with Crippen LogP contribution < -0.4 is 0 Å². The second-order valence-corrected chi connectivity index (χ2v) is 5.62. The van der Waals surface area contributed by atoms with Crippen molar-refractivity contribution in [2.24, 2.45) is 5.92 Å². The Hall–Kier alpha value is -0.250. The summed E-state index contributed by atoms with van der Waals surface area (Å²) in [6.07, 6.45) is 1.03. The molecule has 1 aliphatic rings. The second kappa shape index (κ2) is 5.59. The van der Waals surface area contributed by atoms with E-state index in [2.05, 4.69) is 15.9 Å². The van der Waals surface area contributed by atoms with Crippen LogP contribution in [0.4, 0.5) is 0 Å². The highest BCUT2D eigenvalue weighted by atomic mass is 79.9. The molecule has 1 atom stereocenters. The molecule has 0 aromatic heterocycles. The predicted molar refractivity (Wildman–Crippen MR) is 74.3 cm³/mol. The Bertz CT molecular complexity index is 418. The third-order valence-electron chi connectivity index (χ3n) is 2.97. The van der Waals surface area contributed by atoms with Crippen LogP contribution in [0.25, 0.3) is 0 Å². The smallest absolute Gasteiger partial charge is 0.256 e. The van der Waals surface area contributed by atoms with Crippen LogP contribution in [-0.2, 0) is 0 Å². The SMILES string of the molecule is O=C(c1c(Cl)cccc1Cl)N1CCC(CBr)C1. The lowest BCUT2D eigenvalue weighted by molar-refractivity contribution is 0.0789. The topological polar surface area (TPSA) is 20.3 Å². The molecule has 1 fully saturated rings. The zero-order chi connectivity index (χ0) is 12.4. The van der Waals surface area contributed by atoms with Gasteiger partial charge >= 0.3 is 0 Å². The molecule has 1 unspecified atom stereocenters. The molecule has 92 valence electrons. The molecule has 1 heterocycles. The van der Waals surface area contributed by atoms with Crippen LogP contribution in [-0.4, -0.2) is 29.2 Å². The normalized spacial score (nSPS) is 19.7. The van der Waals surface area contributed by atoms with Crippen LogP contribution in [0, 0.1) is 5.92 Å². The van der Waals surface area contributed by atoms with Crippen molar-refractivity contribution in [2.45, 2.75) is 6.42 Å². The van der Waals surface area contributed by atoms with Gasteiger partial charge in [-0.25, -0.2) is 0 Å². The number of carbonyl (C=O) groups excluding carboxylic acids is 1. The molecule has 2 nitrogen and oxygen atoms in total. The lowest BCUT2D eigenvalue weighted by Crippen LogP contribution is -2.29. The minimum absolute atomic E-state index is 0.0657. The molecule has 1 amide bonds. The number of benzene rings is 1. The predicted octanol–water partition coefficient (Wildman–Crippen LogP) is 3.85. The van der Waals surface area contributed by atoms with Crippen LogP contribution in [0.3, 0.4) is 0 Å². The maximum absolute atomic E-state index is 12.3. The minimum Gasteiger partial charge on any atom is -0.338 e. The highest BCUT2D eigenvalue weighted by Gasteiger charge is 2.28. The molecule has 0 spiro atoms. The monoisotopic (exact) mass is 335 g/mol. The number of hydrogen-bond donors (Lipinski definition) is 0. The zero-order valence-corrected chi connectivity index (χ0v) is 12.2. The summed E-state index contributed by atoms with van der Waals surface area (Å²) in [4.78, 5) is 14.1. The summed E-state index contributed by atoms with van der Waals surface area (Å²) in [6.45, 7) is 1.54. The molecule has 1 aromatic carbocycles. The molecule has 0 aliphatic carbocycles. The standard InChI is InChI=1S/C12H12BrCl2NO/c13-6-8-4-5-16(7-8)12(17)11-9(14)2-1-3-10(11)15/h1-3,8H,4-7H2. The maximum atomic E-state index is 12.3. The average Bonchev–Trinajstić information content (AvgIpc) is 2.77. The van der Waals surface area contributed by atoms with E-state index in [0.29, 0.717) is 21.5 Å². The van der Waals surface area contributed by atoms with E-state index in [1.165, 1.54) is 0 Å². The number of likely N-dealkylation sites (tertiary alicyclic amines) is 1. The fraction of sp³-hybridized carbons (Fsp3) is 0.417. The summed E-state index contributed by atoms with van der Waals surface area (Å²) in [7, 11) is 0. The number of nitrogens with zero attached hydrogens (tertiary/aromatic N) is 1. The lowest BCUT2D eigenvalue weighted by atomic mass is 10.1. The quantitative estimate of drug-likeness (QED) is 0.751. The number of carbonyl (C=O) groups is 1. The number of alkyl halides is 1. The summed E-state index contributed by atoms with van der Waals surface area (Å²) in [5.41, 5.74) is 0.422. The van der Waals surface area contributed by atoms with Gasteiger partial charge in [-0.05, 0) is 24.5 Å². The number of hydrogen-bond acceptors (Lipinski definition) is 1. The molecular weight excluding hydrogens is 325 g/mol. The van der Waals surface area contributed by atoms with Gasteiger partial charge < -0.3 is 4.90 Å². The van der Waals surface area contributed by atoms with Crippen LogP contribution >= 0.6 is 39.1 Å². The van der Waals surface area contributed by atoms with Crippen LogP contribution in [0.5, 0.6) is 0 Å². The van der Waals surface area contributed by atoms with Gasteiger partial charge in [0.2, 0.25) is 0 Å². The van der Waals surface area contributed by atoms with E-state index in [1.807, 2.05) is 4.90 Å². The molecule has 17 heavy (non-hydrogen) atoms. The summed E-state index contributed by atoms with van der Waals surface area (Å²) >= 11 is 15.5. The van der Waals surface area contributed by atoms with E-state index in [4.69, 9.17) is 23.2 Å². The van der Waals surface area contributed by atoms with Crippen molar-refractivity contribution in [3.8, 4) is 0 Å². The van der Waals surface area contributed by atoms with E-state index >= 15 is 0 Å². The highest BCUT2D eigenvalue weighted by molar-refractivity contribution is 9.09. The Kier molecular flexibility index (Phi) is 4.34. The van der Waals surface area contributed by atoms with E-state index in [0.717, 1.165) is 24.8 Å². The molecule has 2 rings (SSSR count). The van der Waals surface area contributed by atoms with Crippen molar-refractivity contribution in [3.63, 3.8) is 0 Å². The Morgan fingerprint density at radius 3 is 2.59 bits per heavy atom. The molecule has 0 N–H and O–H groups in total. The molecular formula is C12H12BrCl2NO. The van der Waals surface area contributed by atoms with Gasteiger partial charge in [0.15, 0.2) is 0 Å². The van der Waals surface area contributed by atoms with Gasteiger partial charge in [-0.3, -0.25) is 4.79 Å². The summed E-state index contributed by atoms with van der Waals surface area (Å²) < 4.78 is 0. The van der Waals surface area contributed by atoms with Crippen molar-refractivity contribution >= 4 is 45.0 Å². The average molecular weight is 337 g/mol. The fourth-order valence-electron chi connectivity index (χ4n) is 2.00. The molecule has 1 aromatic rings. The second-order valence-electron chi connectivity index (χ2n) is 4.16. The van der Waals surface area contributed by atoms with Crippen molar-refractivity contribution in [2.75, 3.05) is 18.4 Å².